The Labute approximate surface area is 76.3 Å². The predicted octanol–water partition coefficient (Wildman–Crippen LogP) is 0.907. The summed E-state index contributed by atoms with van der Waals surface area (Å²) in [6, 6.07) is 0. The number of carbonyl (C=O) groups is 2. The second-order valence-corrected chi connectivity index (χ2v) is 3.39. The normalized spacial score (nSPS) is 10.5. The maximum Gasteiger partial charge on any atom is 0.354 e. The largest absolute Gasteiger partial charge is 0.477 e. The van der Waals surface area contributed by atoms with Crippen LogP contribution >= 0.6 is 11.3 Å². The lowest BCUT2D eigenvalue weighted by Crippen LogP contribution is -1.99. The van der Waals surface area contributed by atoms with E-state index in [2.05, 4.69) is 4.98 Å². The van der Waals surface area contributed by atoms with Crippen molar-refractivity contribution in [3.63, 3.8) is 0 Å². The summed E-state index contributed by atoms with van der Waals surface area (Å²) in [7, 11) is 0. The van der Waals surface area contributed by atoms with E-state index in [9.17, 15) is 9.59 Å². The molecule has 2 aromatic heterocycles. The fourth-order valence-corrected chi connectivity index (χ4v) is 1.79. The Hall–Kier alpha value is -1.69. The van der Waals surface area contributed by atoms with Crippen LogP contribution in [0.1, 0.15) is 20.2 Å². The van der Waals surface area contributed by atoms with Crippen LogP contribution in [0.15, 0.2) is 12.4 Å². The first-order valence-corrected chi connectivity index (χ1v) is 4.19. The maximum atomic E-state index is 10.6. The fourth-order valence-electron chi connectivity index (χ4n) is 1.02. The summed E-state index contributed by atoms with van der Waals surface area (Å²) < 4.78 is 1.39. The van der Waals surface area contributed by atoms with Gasteiger partial charge in [-0.05, 0) is 0 Å². The van der Waals surface area contributed by atoms with Crippen molar-refractivity contribution < 1.29 is 14.7 Å². The minimum Gasteiger partial charge on any atom is -0.477 e. The molecule has 0 unspecified atom stereocenters. The molecule has 0 amide bonds. The van der Waals surface area contributed by atoms with Crippen molar-refractivity contribution in [1.82, 2.24) is 9.38 Å². The molecule has 1 N–H and O–H groups in total. The van der Waals surface area contributed by atoms with E-state index in [4.69, 9.17) is 5.11 Å². The quantitative estimate of drug-likeness (QED) is 0.724. The lowest BCUT2D eigenvalue weighted by atomic mass is 10.5. The molecule has 2 heterocycles. The Balaban J connectivity index is 2.71. The van der Waals surface area contributed by atoms with Crippen molar-refractivity contribution >= 4 is 28.6 Å². The molecule has 0 aliphatic rings. The summed E-state index contributed by atoms with van der Waals surface area (Å²) in [5.74, 6) is -1.05. The lowest BCUT2D eigenvalue weighted by Gasteiger charge is -1.87. The number of nitrogens with zero attached hydrogens (tertiary/aromatic N) is 2. The number of hydrogen-bond donors (Lipinski definition) is 1. The highest BCUT2D eigenvalue weighted by atomic mass is 32.1. The molecule has 0 radical (unpaired) electrons. The second kappa shape index (κ2) is 2.67. The average molecular weight is 196 g/mol. The number of fused-ring (bicyclic) bond motifs is 1. The van der Waals surface area contributed by atoms with Crippen molar-refractivity contribution in [2.24, 2.45) is 0 Å². The van der Waals surface area contributed by atoms with Crippen LogP contribution in [0.4, 0.5) is 0 Å². The van der Waals surface area contributed by atoms with E-state index in [1.807, 2.05) is 0 Å². The molecule has 6 heteroatoms. The maximum absolute atomic E-state index is 10.6. The smallest absolute Gasteiger partial charge is 0.354 e. The molecule has 2 aromatic rings. The number of thiazole rings is 1. The molecule has 5 nitrogen and oxygen atoms in total. The number of carbonyl (C=O) groups excluding carboxylic acids is 1. The average Bonchev–Trinajstić information content (AvgIpc) is 2.59. The van der Waals surface area contributed by atoms with Gasteiger partial charge in [-0.3, -0.25) is 9.20 Å². The standard InChI is InChI=1S/C7H4N2O3S/c10-3-4-2-9-5(6(11)12)1-8-7(9)13-4/h1-3H,(H,11,12). The Bertz CT molecular complexity index is 485. The molecule has 0 aromatic carbocycles. The molecule has 0 fully saturated rings. The van der Waals surface area contributed by atoms with Gasteiger partial charge in [-0.1, -0.05) is 11.3 Å². The van der Waals surface area contributed by atoms with Gasteiger partial charge in [-0.25, -0.2) is 9.78 Å². The number of carboxylic acid groups (broad SMARTS) is 1. The van der Waals surface area contributed by atoms with Crippen LogP contribution in [-0.2, 0) is 0 Å². The van der Waals surface area contributed by atoms with Crippen LogP contribution < -0.4 is 0 Å². The zero-order chi connectivity index (χ0) is 9.42. The minimum atomic E-state index is -1.05. The van der Waals surface area contributed by atoms with E-state index in [0.717, 1.165) is 11.3 Å². The zero-order valence-corrected chi connectivity index (χ0v) is 7.11. The fraction of sp³-hybridized carbons (Fsp3) is 0. The zero-order valence-electron chi connectivity index (χ0n) is 6.30. The molecular formula is C7H4N2O3S. The number of aldehydes is 1. The number of carboxylic acids is 1. The van der Waals surface area contributed by atoms with E-state index in [1.54, 1.807) is 0 Å². The Morgan fingerprint density at radius 2 is 2.46 bits per heavy atom. The first kappa shape index (κ1) is 7.93. The van der Waals surface area contributed by atoms with E-state index in [1.165, 1.54) is 16.8 Å². The third-order valence-corrected chi connectivity index (χ3v) is 2.49. The van der Waals surface area contributed by atoms with Crippen molar-refractivity contribution in [2.45, 2.75) is 0 Å². The molecule has 0 atom stereocenters. The SMILES string of the molecule is O=Cc1cn2c(C(=O)O)cnc2s1. The number of rotatable bonds is 2. The summed E-state index contributed by atoms with van der Waals surface area (Å²) >= 11 is 1.16. The van der Waals surface area contributed by atoms with Crippen LogP contribution in [-0.4, -0.2) is 26.7 Å². The monoisotopic (exact) mass is 196 g/mol. The van der Waals surface area contributed by atoms with Crippen LogP contribution in [0, 0.1) is 0 Å². The van der Waals surface area contributed by atoms with Crippen molar-refractivity contribution in [1.29, 1.82) is 0 Å². The Kier molecular flexibility index (Phi) is 1.63. The Morgan fingerprint density at radius 1 is 1.69 bits per heavy atom. The highest BCUT2D eigenvalue weighted by Crippen LogP contribution is 2.16. The first-order valence-electron chi connectivity index (χ1n) is 3.37. The van der Waals surface area contributed by atoms with E-state index < -0.39 is 5.97 Å². The highest BCUT2D eigenvalue weighted by Gasteiger charge is 2.12. The summed E-state index contributed by atoms with van der Waals surface area (Å²) in [6.07, 6.45) is 3.40. The summed E-state index contributed by atoms with van der Waals surface area (Å²) in [4.78, 5) is 25.8. The number of imidazole rings is 1. The van der Waals surface area contributed by atoms with Gasteiger partial charge in [0.15, 0.2) is 16.9 Å². The van der Waals surface area contributed by atoms with Gasteiger partial charge < -0.3 is 5.11 Å². The van der Waals surface area contributed by atoms with E-state index >= 15 is 0 Å². The Morgan fingerprint density at radius 3 is 3.08 bits per heavy atom. The third kappa shape index (κ3) is 1.11. The number of hydrogen-bond acceptors (Lipinski definition) is 4. The van der Waals surface area contributed by atoms with E-state index in [-0.39, 0.29) is 5.69 Å². The molecule has 0 saturated heterocycles. The first-order chi connectivity index (χ1) is 6.22. The lowest BCUT2D eigenvalue weighted by molar-refractivity contribution is 0.0689. The van der Waals surface area contributed by atoms with Gasteiger partial charge in [-0.15, -0.1) is 0 Å². The van der Waals surface area contributed by atoms with Gasteiger partial charge >= 0.3 is 5.97 Å². The van der Waals surface area contributed by atoms with Crippen LogP contribution in [0.3, 0.4) is 0 Å². The summed E-state index contributed by atoms with van der Waals surface area (Å²) in [5.41, 5.74) is 0.0688. The van der Waals surface area contributed by atoms with Crippen molar-refractivity contribution in [3.8, 4) is 0 Å². The third-order valence-electron chi connectivity index (χ3n) is 1.56. The summed E-state index contributed by atoms with van der Waals surface area (Å²) in [6.45, 7) is 0. The second-order valence-electron chi connectivity index (χ2n) is 2.35. The highest BCUT2D eigenvalue weighted by molar-refractivity contribution is 7.18. The molecule has 13 heavy (non-hydrogen) atoms. The topological polar surface area (TPSA) is 71.7 Å². The van der Waals surface area contributed by atoms with Gasteiger partial charge in [-0.2, -0.15) is 0 Å². The van der Waals surface area contributed by atoms with Crippen LogP contribution in [0.25, 0.3) is 4.96 Å². The number of aromatic carboxylic acids is 1. The van der Waals surface area contributed by atoms with Crippen molar-refractivity contribution in [3.05, 3.63) is 23.0 Å². The molecule has 2 rings (SSSR count). The molecule has 0 bridgehead atoms. The van der Waals surface area contributed by atoms with Gasteiger partial charge in [0.1, 0.15) is 0 Å². The van der Waals surface area contributed by atoms with Gasteiger partial charge in [0.25, 0.3) is 0 Å². The van der Waals surface area contributed by atoms with Gasteiger partial charge in [0.2, 0.25) is 0 Å². The molecule has 66 valence electrons. The molecular weight excluding hydrogens is 192 g/mol. The van der Waals surface area contributed by atoms with Crippen LogP contribution in [0.5, 0.6) is 0 Å². The molecule has 0 aliphatic carbocycles. The minimum absolute atomic E-state index is 0.0688. The molecule has 0 spiro atoms. The van der Waals surface area contributed by atoms with Crippen LogP contribution in [0.2, 0.25) is 0 Å². The van der Waals surface area contributed by atoms with Gasteiger partial charge in [0.05, 0.1) is 11.1 Å². The molecule has 0 saturated carbocycles. The van der Waals surface area contributed by atoms with E-state index in [0.29, 0.717) is 16.1 Å². The van der Waals surface area contributed by atoms with Crippen molar-refractivity contribution in [2.75, 3.05) is 0 Å². The summed E-state index contributed by atoms with van der Waals surface area (Å²) in [5, 5.41) is 8.71. The molecule has 0 aliphatic heterocycles. The van der Waals surface area contributed by atoms with Gasteiger partial charge in [0, 0.05) is 6.20 Å². The number of aromatic nitrogens is 2. The predicted molar refractivity (Wildman–Crippen MR) is 45.4 cm³/mol.